The monoisotopic (exact) mass is 755 g/mol. The van der Waals surface area contributed by atoms with Gasteiger partial charge in [0.1, 0.15) is 16.4 Å². The Morgan fingerprint density at radius 1 is 1.04 bits per heavy atom. The van der Waals surface area contributed by atoms with Crippen molar-refractivity contribution in [2.24, 2.45) is 0 Å². The molecule has 1 N–H and O–H groups in total. The average Bonchev–Trinajstić information content (AvgIpc) is 3.60. The number of piperazine rings is 1. The van der Waals surface area contributed by atoms with E-state index >= 15 is 0 Å². The number of aromatic nitrogens is 1. The van der Waals surface area contributed by atoms with Crippen LogP contribution in [-0.4, -0.2) is 89.9 Å². The SMILES string of the molecule is CCC[C@H]1N(C(=O)c2cnccc2C(F)(F)F)CCC[C@@]1(Oc1csc(C(F)(F)F)c1)C(=O)N1CCN(c2ccccc2OCC(=O)NC=O)CC1. The van der Waals surface area contributed by atoms with Crippen LogP contribution in [0.3, 0.4) is 0 Å². The van der Waals surface area contributed by atoms with Crippen LogP contribution in [0.15, 0.2) is 54.2 Å². The lowest BCUT2D eigenvalue weighted by Crippen LogP contribution is -2.69. The lowest BCUT2D eigenvalue weighted by atomic mass is 9.79. The number of nitrogens with one attached hydrogen (secondary N) is 1. The molecule has 1 aromatic carbocycles. The van der Waals surface area contributed by atoms with E-state index < -0.39 is 64.3 Å². The number of alkyl halides is 6. The number of carbonyl (C=O) groups excluding carboxylic acids is 4. The van der Waals surface area contributed by atoms with Crippen molar-refractivity contribution in [2.45, 2.75) is 56.6 Å². The fourth-order valence-electron chi connectivity index (χ4n) is 6.61. The first-order valence-corrected chi connectivity index (χ1v) is 17.2. The zero-order valence-electron chi connectivity index (χ0n) is 27.8. The third-order valence-electron chi connectivity index (χ3n) is 8.91. The highest BCUT2D eigenvalue weighted by Crippen LogP contribution is 2.43. The van der Waals surface area contributed by atoms with Crippen LogP contribution in [0.5, 0.6) is 11.5 Å². The molecular weight excluding hydrogens is 720 g/mol. The first kappa shape index (κ1) is 38.4. The number of carbonyl (C=O) groups is 4. The number of para-hydroxylation sites is 2. The lowest BCUT2D eigenvalue weighted by molar-refractivity contribution is -0.159. The van der Waals surface area contributed by atoms with Gasteiger partial charge < -0.3 is 24.2 Å². The summed E-state index contributed by atoms with van der Waals surface area (Å²) in [6, 6.07) is 7.14. The van der Waals surface area contributed by atoms with Crippen molar-refractivity contribution in [1.82, 2.24) is 20.1 Å². The molecule has 2 fully saturated rings. The molecule has 2 aliphatic heterocycles. The zero-order valence-corrected chi connectivity index (χ0v) is 28.7. The summed E-state index contributed by atoms with van der Waals surface area (Å²) >= 11 is 0.372. The Morgan fingerprint density at radius 2 is 1.77 bits per heavy atom. The lowest BCUT2D eigenvalue weighted by Gasteiger charge is -2.50. The third-order valence-corrected chi connectivity index (χ3v) is 9.86. The second-order valence-corrected chi connectivity index (χ2v) is 13.1. The van der Waals surface area contributed by atoms with Gasteiger partial charge in [-0.25, -0.2) is 0 Å². The molecule has 0 spiro atoms. The van der Waals surface area contributed by atoms with Crippen molar-refractivity contribution in [3.05, 3.63) is 70.2 Å². The van der Waals surface area contributed by atoms with Gasteiger partial charge in [0.25, 0.3) is 17.7 Å². The summed E-state index contributed by atoms with van der Waals surface area (Å²) in [6.45, 7) is 2.02. The van der Waals surface area contributed by atoms with Gasteiger partial charge in [0.2, 0.25) is 12.0 Å². The van der Waals surface area contributed by atoms with E-state index in [4.69, 9.17) is 9.47 Å². The van der Waals surface area contributed by atoms with Gasteiger partial charge in [-0.3, -0.25) is 29.5 Å². The number of benzene rings is 1. The quantitative estimate of drug-likeness (QED) is 0.204. The molecule has 2 aliphatic rings. The maximum atomic E-state index is 14.8. The number of pyridine rings is 1. The molecule has 2 saturated heterocycles. The van der Waals surface area contributed by atoms with Gasteiger partial charge in [-0.15, -0.1) is 11.3 Å². The summed E-state index contributed by atoms with van der Waals surface area (Å²) < 4.78 is 94.8. The number of amides is 4. The van der Waals surface area contributed by atoms with Gasteiger partial charge in [0.15, 0.2) is 6.61 Å². The smallest absolute Gasteiger partial charge is 0.425 e. The number of imide groups is 1. The molecule has 2 atom stereocenters. The Balaban J connectivity index is 1.47. The van der Waals surface area contributed by atoms with E-state index in [0.717, 1.165) is 23.8 Å². The molecule has 52 heavy (non-hydrogen) atoms. The van der Waals surface area contributed by atoms with Gasteiger partial charge in [-0.05, 0) is 31.0 Å². The number of halogens is 6. The van der Waals surface area contributed by atoms with E-state index in [1.54, 1.807) is 31.2 Å². The highest BCUT2D eigenvalue weighted by Gasteiger charge is 2.56. The number of thiophene rings is 1. The number of nitrogens with zero attached hydrogens (tertiary/aromatic N) is 4. The minimum Gasteiger partial charge on any atom is -0.482 e. The molecule has 4 heterocycles. The predicted octanol–water partition coefficient (Wildman–Crippen LogP) is 5.40. The van der Waals surface area contributed by atoms with Gasteiger partial charge in [-0.1, -0.05) is 25.5 Å². The Kier molecular flexibility index (Phi) is 11.7. The summed E-state index contributed by atoms with van der Waals surface area (Å²) in [5.41, 5.74) is -3.26. The normalized spacial score (nSPS) is 19.6. The molecule has 280 valence electrons. The number of likely N-dealkylation sites (tertiary alicyclic amines) is 1. The van der Waals surface area contributed by atoms with Crippen LogP contribution in [0, 0.1) is 0 Å². The Hall–Kier alpha value is -4.87. The molecule has 0 unspecified atom stereocenters. The predicted molar refractivity (Wildman–Crippen MR) is 176 cm³/mol. The number of hydrogen-bond donors (Lipinski definition) is 1. The Morgan fingerprint density at radius 3 is 2.42 bits per heavy atom. The van der Waals surface area contributed by atoms with Crippen molar-refractivity contribution in [1.29, 1.82) is 0 Å². The topological polar surface area (TPSA) is 121 Å². The van der Waals surface area contributed by atoms with Gasteiger partial charge in [0, 0.05) is 63.0 Å². The number of anilines is 1. The maximum absolute atomic E-state index is 14.8. The van der Waals surface area contributed by atoms with E-state index in [0.29, 0.717) is 35.3 Å². The molecule has 18 heteroatoms. The highest BCUT2D eigenvalue weighted by molar-refractivity contribution is 7.10. The number of piperidine rings is 1. The summed E-state index contributed by atoms with van der Waals surface area (Å²) in [5.74, 6) is -2.19. The van der Waals surface area contributed by atoms with Crippen molar-refractivity contribution >= 4 is 41.2 Å². The first-order chi connectivity index (χ1) is 24.7. The van der Waals surface area contributed by atoms with Crippen molar-refractivity contribution in [3.63, 3.8) is 0 Å². The number of rotatable bonds is 11. The van der Waals surface area contributed by atoms with Gasteiger partial charge in [0.05, 0.1) is 22.9 Å². The van der Waals surface area contributed by atoms with Crippen LogP contribution in [-0.2, 0) is 26.7 Å². The molecule has 3 aromatic rings. The van der Waals surface area contributed by atoms with E-state index in [2.05, 4.69) is 4.98 Å². The Labute approximate surface area is 298 Å². The van der Waals surface area contributed by atoms with Crippen LogP contribution in [0.25, 0.3) is 0 Å². The van der Waals surface area contributed by atoms with Gasteiger partial charge in [-0.2, -0.15) is 26.3 Å². The summed E-state index contributed by atoms with van der Waals surface area (Å²) in [7, 11) is 0. The molecule has 2 aromatic heterocycles. The minimum atomic E-state index is -4.89. The Bertz CT molecular complexity index is 1760. The van der Waals surface area contributed by atoms with Crippen molar-refractivity contribution in [3.8, 4) is 11.5 Å². The molecule has 0 bridgehead atoms. The fourth-order valence-corrected chi connectivity index (χ4v) is 7.29. The summed E-state index contributed by atoms with van der Waals surface area (Å²) in [5, 5.41) is 3.11. The highest BCUT2D eigenvalue weighted by atomic mass is 32.1. The van der Waals surface area contributed by atoms with Crippen LogP contribution in [0.2, 0.25) is 0 Å². The maximum Gasteiger partial charge on any atom is 0.425 e. The molecule has 5 rings (SSSR count). The average molecular weight is 756 g/mol. The van der Waals surface area contributed by atoms with E-state index in [-0.39, 0.29) is 64.1 Å². The summed E-state index contributed by atoms with van der Waals surface area (Å²) in [4.78, 5) is 58.5. The van der Waals surface area contributed by atoms with Gasteiger partial charge >= 0.3 is 12.4 Å². The standard InChI is InChI=1S/C34H35F6N5O6S/c1-2-6-27-32(51-22-17-28(52-20-22)34(38,39)40,10-5-12-45(27)30(48)23-18-41-11-9-24(23)33(35,36)37)31(49)44-15-13-43(14-16-44)25-7-3-4-8-26(25)50-19-29(47)42-21-46/h3-4,7-9,11,17-18,20-21,27H,2,5-6,10,12-16,19H2,1H3,(H,42,46,47)/t27-,32+/m1/s1. The van der Waals surface area contributed by atoms with E-state index in [1.165, 1.54) is 9.80 Å². The molecule has 4 amide bonds. The van der Waals surface area contributed by atoms with E-state index in [9.17, 15) is 45.5 Å². The summed E-state index contributed by atoms with van der Waals surface area (Å²) in [6.07, 6.45) is -7.06. The van der Waals surface area contributed by atoms with Crippen LogP contribution in [0.4, 0.5) is 32.0 Å². The van der Waals surface area contributed by atoms with E-state index in [1.807, 2.05) is 10.2 Å². The largest absolute Gasteiger partial charge is 0.482 e. The van der Waals surface area contributed by atoms with Crippen molar-refractivity contribution in [2.75, 3.05) is 44.2 Å². The van der Waals surface area contributed by atoms with Crippen molar-refractivity contribution < 1.29 is 55.0 Å². The zero-order chi connectivity index (χ0) is 37.7. The number of ether oxygens (including phenoxy) is 2. The van der Waals surface area contributed by atoms with Crippen LogP contribution < -0.4 is 19.7 Å². The second kappa shape index (κ2) is 15.8. The molecule has 0 saturated carbocycles. The molecule has 0 aliphatic carbocycles. The molecule has 11 nitrogen and oxygen atoms in total. The molecule has 0 radical (unpaired) electrons. The fraction of sp³-hybridized carbons (Fsp3) is 0.441. The van der Waals surface area contributed by atoms with Crippen LogP contribution >= 0.6 is 11.3 Å². The van der Waals surface area contributed by atoms with Crippen LogP contribution in [0.1, 0.15) is 53.4 Å². The first-order valence-electron chi connectivity index (χ1n) is 16.4. The number of hydrogen-bond acceptors (Lipinski definition) is 9. The third kappa shape index (κ3) is 8.26. The minimum absolute atomic E-state index is 0.0175. The molecular formula is C34H35F6N5O6S. The second-order valence-electron chi connectivity index (χ2n) is 12.2.